The van der Waals surface area contributed by atoms with Gasteiger partial charge < -0.3 is 9.80 Å². The van der Waals surface area contributed by atoms with E-state index >= 15 is 0 Å². The van der Waals surface area contributed by atoms with E-state index in [9.17, 15) is 0 Å². The highest BCUT2D eigenvalue weighted by molar-refractivity contribution is 6.24. The molecule has 73 heavy (non-hydrogen) atoms. The molecule has 0 radical (unpaired) electrons. The van der Waals surface area contributed by atoms with Gasteiger partial charge in [0.25, 0.3) is 0 Å². The van der Waals surface area contributed by atoms with Crippen LogP contribution in [-0.2, 0) is 5.41 Å². The van der Waals surface area contributed by atoms with E-state index in [0.717, 1.165) is 34.1 Å². The SMILES string of the molecule is CC1(C)c2ccccc2-c2ccc(N(c3ccccc3)c3ccc4c(-c5ccc6ccccc6c5)c5cc(N(c6ccccc6)c6ccccc6)ccc5c(-c5ccc6c(ccc7ccccc76)c5)c4c3)cc21. The van der Waals surface area contributed by atoms with Crippen molar-refractivity contribution in [2.45, 2.75) is 19.3 Å². The Labute approximate surface area is 426 Å². The van der Waals surface area contributed by atoms with Gasteiger partial charge in [-0.15, -0.1) is 0 Å². The van der Waals surface area contributed by atoms with Gasteiger partial charge in [-0.3, -0.25) is 0 Å². The van der Waals surface area contributed by atoms with Crippen LogP contribution in [0.2, 0.25) is 0 Å². The molecule has 2 heteroatoms. The van der Waals surface area contributed by atoms with Crippen LogP contribution in [0.1, 0.15) is 25.0 Å². The molecule has 0 saturated heterocycles. The fraction of sp³-hybridized carbons (Fsp3) is 0.0423. The van der Waals surface area contributed by atoms with E-state index in [1.54, 1.807) is 0 Å². The van der Waals surface area contributed by atoms with Gasteiger partial charge in [-0.25, -0.2) is 0 Å². The molecule has 14 rings (SSSR count). The van der Waals surface area contributed by atoms with Crippen molar-refractivity contribution in [1.29, 1.82) is 0 Å². The van der Waals surface area contributed by atoms with Crippen molar-refractivity contribution < 1.29 is 0 Å². The molecule has 0 spiro atoms. The van der Waals surface area contributed by atoms with E-state index in [-0.39, 0.29) is 5.41 Å². The molecule has 0 saturated carbocycles. The zero-order valence-electron chi connectivity index (χ0n) is 40.8. The van der Waals surface area contributed by atoms with Crippen molar-refractivity contribution in [2.24, 2.45) is 0 Å². The van der Waals surface area contributed by atoms with E-state index < -0.39 is 0 Å². The minimum absolute atomic E-state index is 0.147. The summed E-state index contributed by atoms with van der Waals surface area (Å²) < 4.78 is 0. The van der Waals surface area contributed by atoms with Gasteiger partial charge >= 0.3 is 0 Å². The Morgan fingerprint density at radius 1 is 0.247 bits per heavy atom. The van der Waals surface area contributed by atoms with E-state index in [1.165, 1.54) is 98.4 Å². The van der Waals surface area contributed by atoms with Crippen LogP contribution < -0.4 is 9.80 Å². The van der Waals surface area contributed by atoms with Crippen LogP contribution >= 0.6 is 0 Å². The van der Waals surface area contributed by atoms with Gasteiger partial charge in [0, 0.05) is 39.5 Å². The smallest absolute Gasteiger partial charge is 0.0468 e. The first-order valence-electron chi connectivity index (χ1n) is 25.4. The monoisotopic (exact) mass is 930 g/mol. The summed E-state index contributed by atoms with van der Waals surface area (Å²) in [6, 6.07) is 98.8. The third kappa shape index (κ3) is 7.01. The number of rotatable bonds is 8. The van der Waals surface area contributed by atoms with Crippen molar-refractivity contribution in [2.75, 3.05) is 9.80 Å². The van der Waals surface area contributed by atoms with Crippen molar-refractivity contribution in [3.63, 3.8) is 0 Å². The molecular formula is C71H50N2. The lowest BCUT2D eigenvalue weighted by atomic mass is 9.82. The molecule has 0 heterocycles. The normalized spacial score (nSPS) is 12.6. The third-order valence-electron chi connectivity index (χ3n) is 15.5. The molecule has 0 aliphatic heterocycles. The molecule has 0 unspecified atom stereocenters. The number of anilines is 6. The zero-order valence-corrected chi connectivity index (χ0v) is 40.8. The minimum Gasteiger partial charge on any atom is -0.310 e. The molecule has 13 aromatic rings. The van der Waals surface area contributed by atoms with Gasteiger partial charge in [0.05, 0.1) is 0 Å². The molecule has 0 amide bonds. The van der Waals surface area contributed by atoms with Crippen molar-refractivity contribution in [1.82, 2.24) is 0 Å². The van der Waals surface area contributed by atoms with Crippen LogP contribution in [0.3, 0.4) is 0 Å². The van der Waals surface area contributed by atoms with Crippen molar-refractivity contribution >= 4 is 88.0 Å². The number of hydrogen-bond donors (Lipinski definition) is 0. The summed E-state index contributed by atoms with van der Waals surface area (Å²) in [5.41, 5.74) is 16.6. The molecule has 1 aliphatic rings. The molecule has 0 N–H and O–H groups in total. The van der Waals surface area contributed by atoms with Gasteiger partial charge in [-0.05, 0) is 183 Å². The quantitative estimate of drug-likeness (QED) is 0.111. The molecule has 0 aromatic heterocycles. The molecular weight excluding hydrogens is 881 g/mol. The number of nitrogens with zero attached hydrogens (tertiary/aromatic N) is 2. The first-order chi connectivity index (χ1) is 36.0. The highest BCUT2D eigenvalue weighted by Crippen LogP contribution is 2.52. The van der Waals surface area contributed by atoms with Gasteiger partial charge in [0.2, 0.25) is 0 Å². The van der Waals surface area contributed by atoms with Gasteiger partial charge in [-0.2, -0.15) is 0 Å². The van der Waals surface area contributed by atoms with Crippen LogP contribution in [0.25, 0.3) is 87.2 Å². The standard InChI is InChI=1S/C71H50N2/c1-71(2)67-29-17-16-28-61(67)62-39-35-58(46-68(62)71)73(55-25-10-5-11-26-55)57-37-41-63-66(45-57)70(52-34-38-60-50(43-52)32-31-48-19-14-15-27-59(48)60)64-40-36-56(72(53-21-6-3-7-22-53)54-23-8-4-9-24-54)44-65(64)69(63)51-33-30-47-18-12-13-20-49(47)42-51/h3-46H,1-2H3. The van der Waals surface area contributed by atoms with Gasteiger partial charge in [0.1, 0.15) is 0 Å². The predicted molar refractivity (Wildman–Crippen MR) is 312 cm³/mol. The Balaban J connectivity index is 1.08. The second kappa shape index (κ2) is 17.0. The number of para-hydroxylation sites is 3. The van der Waals surface area contributed by atoms with Crippen LogP contribution in [0.15, 0.2) is 267 Å². The highest BCUT2D eigenvalue weighted by atomic mass is 15.1. The molecule has 13 aromatic carbocycles. The average molecular weight is 931 g/mol. The van der Waals surface area contributed by atoms with Gasteiger partial charge in [0.15, 0.2) is 0 Å². The lowest BCUT2D eigenvalue weighted by Gasteiger charge is -2.29. The number of hydrogen-bond acceptors (Lipinski definition) is 2. The highest BCUT2D eigenvalue weighted by Gasteiger charge is 2.36. The maximum absolute atomic E-state index is 2.47. The number of fused-ring (bicyclic) bond motifs is 9. The van der Waals surface area contributed by atoms with Crippen molar-refractivity contribution in [3.8, 4) is 33.4 Å². The minimum atomic E-state index is -0.147. The Morgan fingerprint density at radius 2 is 0.671 bits per heavy atom. The third-order valence-corrected chi connectivity index (χ3v) is 15.5. The Hall–Kier alpha value is -9.24. The van der Waals surface area contributed by atoms with Crippen LogP contribution in [0.5, 0.6) is 0 Å². The maximum atomic E-state index is 2.47. The Kier molecular flexibility index (Phi) is 9.91. The first-order valence-corrected chi connectivity index (χ1v) is 25.4. The van der Waals surface area contributed by atoms with Crippen LogP contribution in [0.4, 0.5) is 34.1 Å². The predicted octanol–water partition coefficient (Wildman–Crippen LogP) is 20.0. The summed E-state index contributed by atoms with van der Waals surface area (Å²) in [5.74, 6) is 0. The lowest BCUT2D eigenvalue weighted by Crippen LogP contribution is -2.16. The maximum Gasteiger partial charge on any atom is 0.0468 e. The summed E-state index contributed by atoms with van der Waals surface area (Å²) in [7, 11) is 0. The van der Waals surface area contributed by atoms with Gasteiger partial charge in [-0.1, -0.05) is 196 Å². The van der Waals surface area contributed by atoms with E-state index in [4.69, 9.17) is 0 Å². The molecule has 0 atom stereocenters. The Bertz CT molecular complexity index is 4250. The van der Waals surface area contributed by atoms with Crippen LogP contribution in [0, 0.1) is 0 Å². The number of benzene rings is 13. The van der Waals surface area contributed by atoms with Crippen LogP contribution in [-0.4, -0.2) is 0 Å². The summed E-state index contributed by atoms with van der Waals surface area (Å²) in [6.07, 6.45) is 0. The average Bonchev–Trinajstić information content (AvgIpc) is 3.67. The Morgan fingerprint density at radius 3 is 1.32 bits per heavy atom. The largest absolute Gasteiger partial charge is 0.310 e. The fourth-order valence-electron chi connectivity index (χ4n) is 12.1. The topological polar surface area (TPSA) is 6.48 Å². The molecule has 1 aliphatic carbocycles. The zero-order chi connectivity index (χ0) is 48.6. The second-order valence-corrected chi connectivity index (χ2v) is 20.1. The molecule has 2 nitrogen and oxygen atoms in total. The summed E-state index contributed by atoms with van der Waals surface area (Å²) in [4.78, 5) is 4.83. The fourth-order valence-corrected chi connectivity index (χ4v) is 12.1. The van der Waals surface area contributed by atoms with E-state index in [2.05, 4.69) is 291 Å². The first kappa shape index (κ1) is 42.6. The summed E-state index contributed by atoms with van der Waals surface area (Å²) in [5, 5.41) is 12.2. The lowest BCUT2D eigenvalue weighted by molar-refractivity contribution is 0.660. The molecule has 0 fully saturated rings. The van der Waals surface area contributed by atoms with E-state index in [1.807, 2.05) is 0 Å². The second-order valence-electron chi connectivity index (χ2n) is 20.1. The van der Waals surface area contributed by atoms with E-state index in [0.29, 0.717) is 0 Å². The summed E-state index contributed by atoms with van der Waals surface area (Å²) in [6.45, 7) is 4.74. The molecule has 344 valence electrons. The summed E-state index contributed by atoms with van der Waals surface area (Å²) >= 11 is 0. The molecule has 0 bridgehead atoms. The van der Waals surface area contributed by atoms with Crippen molar-refractivity contribution in [3.05, 3.63) is 278 Å².